The van der Waals surface area contributed by atoms with Crippen LogP contribution in [0.25, 0.3) is 0 Å². The summed E-state index contributed by atoms with van der Waals surface area (Å²) >= 11 is 6.50. The molecule has 1 amide bonds. The van der Waals surface area contributed by atoms with E-state index in [2.05, 4.69) is 10.5 Å². The second-order valence-electron chi connectivity index (χ2n) is 9.41. The summed E-state index contributed by atoms with van der Waals surface area (Å²) in [5.74, 6) is -1.67. The van der Waals surface area contributed by atoms with Crippen LogP contribution in [0.1, 0.15) is 65.1 Å². The minimum Gasteiger partial charge on any atom is -0.411 e. The van der Waals surface area contributed by atoms with Crippen molar-refractivity contribution < 1.29 is 19.5 Å². The molecule has 3 N–H and O–H groups in total. The van der Waals surface area contributed by atoms with Crippen LogP contribution in [-0.4, -0.2) is 38.6 Å². The molecule has 1 aromatic heterocycles. The topological polar surface area (TPSA) is 104 Å². The van der Waals surface area contributed by atoms with E-state index >= 15 is 4.39 Å². The third kappa shape index (κ3) is 6.26. The van der Waals surface area contributed by atoms with E-state index in [-0.39, 0.29) is 29.7 Å². The number of nitrogens with zero attached hydrogens (tertiary/aromatic N) is 2. The molecule has 1 saturated carbocycles. The lowest BCUT2D eigenvalue weighted by atomic mass is 9.85. The number of benzene rings is 2. The highest BCUT2D eigenvalue weighted by atomic mass is 35.5. The fraction of sp³-hybridized carbons (Fsp3) is 0.321. The molecular weight excluding hydrogens is 497 g/mol. The number of hydrogen-bond donors (Lipinski definition) is 3. The molecule has 7 nitrogen and oxygen atoms in total. The molecule has 1 aliphatic rings. The lowest BCUT2D eigenvalue weighted by Crippen LogP contribution is -2.38. The quantitative estimate of drug-likeness (QED) is 0.238. The summed E-state index contributed by atoms with van der Waals surface area (Å²) in [6, 6.07) is 14.4. The van der Waals surface area contributed by atoms with E-state index < -0.39 is 17.6 Å². The summed E-state index contributed by atoms with van der Waals surface area (Å²) in [6.45, 7) is 0. The van der Waals surface area contributed by atoms with Gasteiger partial charge in [0.25, 0.3) is 5.91 Å². The fourth-order valence-electron chi connectivity index (χ4n) is 4.75. The van der Waals surface area contributed by atoms with E-state index in [0.29, 0.717) is 53.1 Å². The van der Waals surface area contributed by atoms with Gasteiger partial charge in [-0.2, -0.15) is 0 Å². The average molecular weight is 526 g/mol. The van der Waals surface area contributed by atoms with E-state index in [4.69, 9.17) is 11.6 Å². The Morgan fingerprint density at radius 1 is 1.16 bits per heavy atom. The number of oxime groups is 1. The second-order valence-corrected chi connectivity index (χ2v) is 9.82. The van der Waals surface area contributed by atoms with Crippen molar-refractivity contribution in [3.8, 4) is 0 Å². The molecule has 1 aliphatic carbocycles. The van der Waals surface area contributed by atoms with E-state index in [1.165, 1.54) is 22.8 Å². The van der Waals surface area contributed by atoms with Crippen LogP contribution in [0.15, 0.2) is 70.7 Å². The lowest BCUT2D eigenvalue weighted by Gasteiger charge is -2.26. The van der Waals surface area contributed by atoms with Gasteiger partial charge in [0.1, 0.15) is 5.82 Å². The molecule has 1 fully saturated rings. The molecular formula is C28H29ClFN3O4. The third-order valence-electron chi connectivity index (χ3n) is 6.89. The van der Waals surface area contributed by atoms with Crippen LogP contribution in [0.4, 0.5) is 4.39 Å². The fourth-order valence-corrected chi connectivity index (χ4v) is 5.02. The summed E-state index contributed by atoms with van der Waals surface area (Å²) in [4.78, 5) is 24.6. The number of carbonyl (C=O) groups is 1. The molecule has 0 spiro atoms. The molecule has 0 radical (unpaired) electrons. The number of aliphatic hydroxyl groups excluding tert-OH is 1. The number of aliphatic hydroxyl groups is 1. The minimum absolute atomic E-state index is 0.0677. The van der Waals surface area contributed by atoms with E-state index in [1.54, 1.807) is 37.5 Å². The predicted octanol–water partition coefficient (Wildman–Crippen LogP) is 4.61. The first-order valence-electron chi connectivity index (χ1n) is 12.2. The Morgan fingerprint density at radius 2 is 1.89 bits per heavy atom. The maximum atomic E-state index is 15.3. The van der Waals surface area contributed by atoms with Crippen LogP contribution in [0.3, 0.4) is 0 Å². The molecule has 0 saturated heterocycles. The maximum absolute atomic E-state index is 15.3. The summed E-state index contributed by atoms with van der Waals surface area (Å²) < 4.78 is 16.7. The zero-order valence-corrected chi connectivity index (χ0v) is 21.2. The number of rotatable bonds is 7. The molecule has 0 bridgehead atoms. The molecule has 2 aromatic carbocycles. The maximum Gasteiger partial charge on any atom is 0.254 e. The first-order valence-corrected chi connectivity index (χ1v) is 12.6. The van der Waals surface area contributed by atoms with Crippen molar-refractivity contribution in [3.63, 3.8) is 0 Å². The van der Waals surface area contributed by atoms with Gasteiger partial charge in [-0.3, -0.25) is 9.59 Å². The van der Waals surface area contributed by atoms with Crippen molar-refractivity contribution >= 4 is 23.2 Å². The van der Waals surface area contributed by atoms with Crippen LogP contribution in [0, 0.1) is 5.82 Å². The zero-order chi connectivity index (χ0) is 26.5. The molecule has 4 rings (SSSR count). The van der Waals surface area contributed by atoms with Gasteiger partial charge in [0.2, 0.25) is 5.56 Å². The van der Waals surface area contributed by atoms with Crippen molar-refractivity contribution in [2.45, 2.75) is 50.2 Å². The van der Waals surface area contributed by atoms with Gasteiger partial charge in [0.05, 0.1) is 17.4 Å². The predicted molar refractivity (Wildman–Crippen MR) is 140 cm³/mol. The highest BCUT2D eigenvalue weighted by Crippen LogP contribution is 2.35. The largest absolute Gasteiger partial charge is 0.411 e. The molecule has 1 atom stereocenters. The van der Waals surface area contributed by atoms with Crippen LogP contribution in [0.2, 0.25) is 5.02 Å². The number of carbonyl (C=O) groups excluding carboxylic acids is 1. The number of pyridine rings is 1. The Kier molecular flexibility index (Phi) is 8.41. The van der Waals surface area contributed by atoms with Crippen molar-refractivity contribution in [1.29, 1.82) is 0 Å². The molecule has 194 valence electrons. The summed E-state index contributed by atoms with van der Waals surface area (Å²) in [7, 11) is 1.60. The Labute approximate surface area is 219 Å². The summed E-state index contributed by atoms with van der Waals surface area (Å²) in [5, 5.41) is 26.3. The lowest BCUT2D eigenvalue weighted by molar-refractivity contribution is 0.0864. The molecule has 37 heavy (non-hydrogen) atoms. The van der Waals surface area contributed by atoms with Gasteiger partial charge in [0.15, 0.2) is 0 Å². The van der Waals surface area contributed by atoms with Gasteiger partial charge >= 0.3 is 0 Å². The number of aromatic nitrogens is 1. The van der Waals surface area contributed by atoms with Crippen molar-refractivity contribution in [2.24, 2.45) is 12.2 Å². The first kappa shape index (κ1) is 26.6. The highest BCUT2D eigenvalue weighted by Gasteiger charge is 2.25. The van der Waals surface area contributed by atoms with Crippen LogP contribution in [0.5, 0.6) is 0 Å². The van der Waals surface area contributed by atoms with E-state index in [1.807, 2.05) is 12.1 Å². The molecule has 1 unspecified atom stereocenters. The Morgan fingerprint density at radius 3 is 2.54 bits per heavy atom. The van der Waals surface area contributed by atoms with Gasteiger partial charge in [-0.1, -0.05) is 41.0 Å². The summed E-state index contributed by atoms with van der Waals surface area (Å²) in [6.07, 6.45) is 3.89. The van der Waals surface area contributed by atoms with E-state index in [0.717, 1.165) is 0 Å². The smallest absolute Gasteiger partial charge is 0.254 e. The van der Waals surface area contributed by atoms with E-state index in [9.17, 15) is 19.9 Å². The van der Waals surface area contributed by atoms with Gasteiger partial charge in [-0.25, -0.2) is 4.39 Å². The minimum atomic E-state index is -0.674. The highest BCUT2D eigenvalue weighted by molar-refractivity contribution is 6.31. The number of aryl methyl sites for hydroxylation is 1. The van der Waals surface area contributed by atoms with Crippen LogP contribution in [-0.2, 0) is 7.05 Å². The molecule has 9 heteroatoms. The average Bonchev–Trinajstić information content (AvgIpc) is 2.88. The number of halogens is 2. The number of amides is 1. The van der Waals surface area contributed by atoms with Gasteiger partial charge in [0, 0.05) is 48.3 Å². The number of hydrogen-bond acceptors (Lipinski definition) is 5. The Balaban J connectivity index is 1.64. The normalized spacial score (nSPS) is 18.9. The van der Waals surface area contributed by atoms with Gasteiger partial charge in [-0.05, 0) is 61.1 Å². The first-order chi connectivity index (χ1) is 17.8. The van der Waals surface area contributed by atoms with Crippen LogP contribution < -0.4 is 10.9 Å². The molecule has 3 aromatic rings. The van der Waals surface area contributed by atoms with Gasteiger partial charge in [-0.15, -0.1) is 0 Å². The van der Waals surface area contributed by atoms with Crippen molar-refractivity contribution in [3.05, 3.63) is 104 Å². The SMILES string of the molecule is Cn1cc(/C(CC(c2ccc(C(=O)NC3CCC(O)CC3)c(F)c2)c2ccccc2Cl)=N\O)ccc1=O. The Bertz CT molecular complexity index is 1370. The second kappa shape index (κ2) is 11.7. The Hall–Kier alpha value is -3.49. The molecule has 1 heterocycles. The monoisotopic (exact) mass is 525 g/mol. The van der Waals surface area contributed by atoms with Crippen molar-refractivity contribution in [2.75, 3.05) is 0 Å². The third-order valence-corrected chi connectivity index (χ3v) is 7.23. The zero-order valence-electron chi connectivity index (χ0n) is 20.4. The summed E-state index contributed by atoms with van der Waals surface area (Å²) in [5.41, 5.74) is 1.81. The molecule has 0 aliphatic heterocycles. The van der Waals surface area contributed by atoms with Crippen molar-refractivity contribution in [1.82, 2.24) is 9.88 Å². The van der Waals surface area contributed by atoms with Crippen LogP contribution >= 0.6 is 11.6 Å². The standard InChI is InChI=1S/C28H29ClFN3O4/c1-33-16-18(7-13-27(33)35)26(32-37)15-23(21-4-2-3-5-24(21)29)17-6-12-22(25(30)14-17)28(36)31-19-8-10-20(34)11-9-19/h2-7,12-14,16,19-20,23,34,37H,8-11,15H2,1H3,(H,31,36)/b32-26-. The number of nitrogens with one attached hydrogen (secondary N) is 1. The van der Waals surface area contributed by atoms with Gasteiger partial charge < -0.3 is 20.2 Å².